The van der Waals surface area contributed by atoms with E-state index in [1.807, 2.05) is 33.8 Å². The molecule has 6 aliphatic carbocycles. The number of unbranched alkanes of at least 4 members (excludes halogenated alkanes) is 1. The van der Waals surface area contributed by atoms with Gasteiger partial charge in [-0.15, -0.1) is 13.2 Å². The second-order valence-electron chi connectivity index (χ2n) is 19.9. The van der Waals surface area contributed by atoms with Crippen molar-refractivity contribution in [3.05, 3.63) is 114 Å². The molecule has 0 aromatic heterocycles. The van der Waals surface area contributed by atoms with Crippen LogP contribution in [0.15, 0.2) is 86.0 Å². The third kappa shape index (κ3) is 9.02. The zero-order valence-corrected chi connectivity index (χ0v) is 41.5. The fourth-order valence-corrected chi connectivity index (χ4v) is 14.3. The summed E-state index contributed by atoms with van der Waals surface area (Å²) in [6.07, 6.45) is 16.2. The van der Waals surface area contributed by atoms with Gasteiger partial charge in [0, 0.05) is 11.5 Å². The highest BCUT2D eigenvalue weighted by Crippen LogP contribution is 2.72. The molecule has 1 amide bonds. The molecule has 0 radical (unpaired) electrons. The number of hydrogen-bond donors (Lipinski definition) is 1. The standard InChI is InChI=1S/C48H56FNO4.C4H10.2C2H6.C2H4/c1-45(2)37(29-16-17-35(40(49)27-29)43(51)53-5)20-24-47(4)41(45)22-25-46(3)38-21-26-48(23-10-15-39(48)34(38)18-19-42(46)47)50-44(52)54-28-36-32-13-8-6-11-30(32)31-12-7-9-14-33(31)36;1-3-4-2;3*1-2/h6-9,11-14,16-17,20,27,34,36,38-39,41-42H,10,15,18-19,21-26,28H2,1-5H3,(H,50,52);3-4H2,1-2H3;2*1-2H3;1-2H2/t34-,38?,39+,41?,42?,46-,47-,48-;;;;/m0..../s1. The molecular formula is C58H82FNO4. The maximum Gasteiger partial charge on any atom is 0.407 e. The summed E-state index contributed by atoms with van der Waals surface area (Å²) in [7, 11) is 1.29. The van der Waals surface area contributed by atoms with Crippen LogP contribution >= 0.6 is 0 Å². The number of rotatable bonds is 6. The van der Waals surface area contributed by atoms with E-state index in [4.69, 9.17) is 9.47 Å². The van der Waals surface area contributed by atoms with Crippen molar-refractivity contribution in [3.8, 4) is 11.1 Å². The first-order valence-electron chi connectivity index (χ1n) is 25.0. The largest absolute Gasteiger partial charge is 0.465 e. The molecule has 0 aliphatic heterocycles. The SMILES string of the molecule is C=C.CC.CC.CCCC.COC(=O)c1ccc(C2=CC[C@@]3(C)C(CC[C@@]4(C)C5CC[C@@]6(NC(=O)OCC7c8ccccc8-c8ccccc87)CCC[C@@H]6[C@H]5CCC43)C2(C)C)cc1F. The Morgan fingerprint density at radius 3 is 1.97 bits per heavy atom. The van der Waals surface area contributed by atoms with Crippen molar-refractivity contribution >= 4 is 17.6 Å². The third-order valence-electron chi connectivity index (χ3n) is 17.0. The number of ether oxygens (including phenoxy) is 2. The maximum atomic E-state index is 15.2. The molecule has 8 atom stereocenters. The van der Waals surface area contributed by atoms with E-state index in [0.717, 1.165) is 37.7 Å². The Bertz CT molecular complexity index is 2040. The molecule has 6 heteroatoms. The Morgan fingerprint density at radius 1 is 0.750 bits per heavy atom. The second kappa shape index (κ2) is 21.4. The van der Waals surface area contributed by atoms with E-state index in [1.54, 1.807) is 6.07 Å². The van der Waals surface area contributed by atoms with Gasteiger partial charge in [-0.3, -0.25) is 0 Å². The number of carbonyl (C=O) groups excluding carboxylic acids is 2. The van der Waals surface area contributed by atoms with Crippen molar-refractivity contribution in [1.29, 1.82) is 0 Å². The van der Waals surface area contributed by atoms with Crippen molar-refractivity contribution in [2.24, 2.45) is 45.8 Å². The summed E-state index contributed by atoms with van der Waals surface area (Å²) in [5.41, 5.74) is 7.14. The summed E-state index contributed by atoms with van der Waals surface area (Å²) in [4.78, 5) is 25.9. The lowest BCUT2D eigenvalue weighted by Crippen LogP contribution is -2.64. The number of fused-ring (bicyclic) bond motifs is 10. The van der Waals surface area contributed by atoms with Crippen LogP contribution in [0.4, 0.5) is 9.18 Å². The molecule has 5 nitrogen and oxygen atoms in total. The highest BCUT2D eigenvalue weighted by atomic mass is 19.1. The summed E-state index contributed by atoms with van der Waals surface area (Å²) in [5, 5.41) is 3.56. The van der Waals surface area contributed by atoms with Gasteiger partial charge in [0.05, 0.1) is 12.7 Å². The molecule has 4 fully saturated rings. The molecule has 0 bridgehead atoms. The third-order valence-corrected chi connectivity index (χ3v) is 17.0. The van der Waals surface area contributed by atoms with Crippen molar-refractivity contribution < 1.29 is 23.5 Å². The van der Waals surface area contributed by atoms with Gasteiger partial charge in [0.25, 0.3) is 0 Å². The van der Waals surface area contributed by atoms with Crippen LogP contribution in [0, 0.1) is 51.7 Å². The molecule has 64 heavy (non-hydrogen) atoms. The Hall–Kier alpha value is -4.19. The molecule has 3 unspecified atom stereocenters. The van der Waals surface area contributed by atoms with E-state index in [0.29, 0.717) is 36.2 Å². The smallest absolute Gasteiger partial charge is 0.407 e. The van der Waals surface area contributed by atoms with Crippen LogP contribution < -0.4 is 5.32 Å². The van der Waals surface area contributed by atoms with E-state index in [9.17, 15) is 9.59 Å². The van der Waals surface area contributed by atoms with Gasteiger partial charge in [0.1, 0.15) is 12.4 Å². The molecule has 3 aromatic rings. The number of benzene rings is 3. The first-order valence-corrected chi connectivity index (χ1v) is 25.0. The van der Waals surface area contributed by atoms with E-state index >= 15 is 4.39 Å². The van der Waals surface area contributed by atoms with Crippen LogP contribution in [-0.2, 0) is 9.47 Å². The quantitative estimate of drug-likeness (QED) is 0.198. The highest BCUT2D eigenvalue weighted by molar-refractivity contribution is 5.90. The fourth-order valence-electron chi connectivity index (χ4n) is 14.3. The predicted octanol–water partition coefficient (Wildman–Crippen LogP) is 16.0. The summed E-state index contributed by atoms with van der Waals surface area (Å²) in [6.45, 7) is 28.6. The molecule has 3 aromatic carbocycles. The van der Waals surface area contributed by atoms with Crippen molar-refractivity contribution in [1.82, 2.24) is 5.32 Å². The van der Waals surface area contributed by atoms with Gasteiger partial charge in [0.15, 0.2) is 0 Å². The summed E-state index contributed by atoms with van der Waals surface area (Å²) < 4.78 is 26.1. The number of hydrogen-bond acceptors (Lipinski definition) is 4. The van der Waals surface area contributed by atoms with Gasteiger partial charge in [-0.05, 0) is 149 Å². The molecule has 1 N–H and O–H groups in total. The van der Waals surface area contributed by atoms with Crippen molar-refractivity contribution in [3.63, 3.8) is 0 Å². The van der Waals surface area contributed by atoms with Crippen LogP contribution in [0.1, 0.15) is 179 Å². The Morgan fingerprint density at radius 2 is 1.38 bits per heavy atom. The van der Waals surface area contributed by atoms with E-state index < -0.39 is 11.8 Å². The van der Waals surface area contributed by atoms with Crippen LogP contribution in [0.25, 0.3) is 16.7 Å². The van der Waals surface area contributed by atoms with Crippen LogP contribution in [0.2, 0.25) is 0 Å². The summed E-state index contributed by atoms with van der Waals surface area (Å²) >= 11 is 0. The number of carbonyl (C=O) groups is 2. The van der Waals surface area contributed by atoms with Crippen LogP contribution in [0.3, 0.4) is 0 Å². The highest BCUT2D eigenvalue weighted by Gasteiger charge is 2.65. The van der Waals surface area contributed by atoms with Gasteiger partial charge < -0.3 is 14.8 Å². The van der Waals surface area contributed by atoms with Gasteiger partial charge >= 0.3 is 12.1 Å². The zero-order chi connectivity index (χ0) is 47.0. The lowest BCUT2D eigenvalue weighted by atomic mass is 9.37. The van der Waals surface area contributed by atoms with Crippen molar-refractivity contribution in [2.75, 3.05) is 13.7 Å². The lowest BCUT2D eigenvalue weighted by Gasteiger charge is -2.68. The minimum atomic E-state index is -0.642. The average Bonchev–Trinajstić information content (AvgIpc) is 3.89. The zero-order valence-electron chi connectivity index (χ0n) is 41.5. The summed E-state index contributed by atoms with van der Waals surface area (Å²) in [6, 6.07) is 22.1. The lowest BCUT2D eigenvalue weighted by molar-refractivity contribution is -0.172. The summed E-state index contributed by atoms with van der Waals surface area (Å²) in [5.74, 6) is 1.77. The first kappa shape index (κ1) is 50.8. The minimum Gasteiger partial charge on any atom is -0.465 e. The van der Waals surface area contributed by atoms with Gasteiger partial charge in [-0.2, -0.15) is 0 Å². The Balaban J connectivity index is 0.000000714. The van der Waals surface area contributed by atoms with E-state index in [-0.39, 0.29) is 39.4 Å². The average molecular weight is 876 g/mol. The number of methoxy groups -OCH3 is 1. The molecular weight excluding hydrogens is 794 g/mol. The minimum absolute atomic E-state index is 0.0160. The number of esters is 1. The van der Waals surface area contributed by atoms with Gasteiger partial charge in [-0.25, -0.2) is 14.0 Å². The Labute approximate surface area is 387 Å². The maximum absolute atomic E-state index is 15.2. The topological polar surface area (TPSA) is 64.6 Å². The van der Waals surface area contributed by atoms with Crippen LogP contribution in [0.5, 0.6) is 0 Å². The van der Waals surface area contributed by atoms with Gasteiger partial charge in [0.2, 0.25) is 0 Å². The molecule has 9 rings (SSSR count). The number of nitrogens with one attached hydrogen (secondary N) is 1. The predicted molar refractivity (Wildman–Crippen MR) is 265 cm³/mol. The van der Waals surface area contributed by atoms with E-state index in [2.05, 4.69) is 115 Å². The second-order valence-corrected chi connectivity index (χ2v) is 19.9. The van der Waals surface area contributed by atoms with Crippen molar-refractivity contribution in [2.45, 2.75) is 158 Å². The Kier molecular flexibility index (Phi) is 17.0. The monoisotopic (exact) mass is 876 g/mol. The number of alkyl carbamates (subject to hydrolysis) is 1. The van der Waals surface area contributed by atoms with Crippen LogP contribution in [-0.4, -0.2) is 31.3 Å². The van der Waals surface area contributed by atoms with E-state index in [1.165, 1.54) is 85.9 Å². The molecule has 4 saturated carbocycles. The molecule has 0 heterocycles. The molecule has 0 saturated heterocycles. The molecule has 350 valence electrons. The molecule has 0 spiro atoms. The number of allylic oxidation sites excluding steroid dienone is 2. The molecule has 6 aliphatic rings. The number of halogens is 1. The number of amides is 1. The first-order chi connectivity index (χ1) is 30.8. The fraction of sp³-hybridized carbons (Fsp3) is 0.586. The van der Waals surface area contributed by atoms with Gasteiger partial charge in [-0.1, -0.05) is 149 Å². The normalized spacial score (nSPS) is 29.9.